The maximum absolute atomic E-state index is 13.4. The fraction of sp³-hybridized carbons (Fsp3) is 0.500. The lowest BCUT2D eigenvalue weighted by Crippen LogP contribution is -2.31. The molecule has 0 aromatic carbocycles. The fourth-order valence-corrected chi connectivity index (χ4v) is 3.31. The highest BCUT2D eigenvalue weighted by Gasteiger charge is 2.34. The lowest BCUT2D eigenvalue weighted by Gasteiger charge is -2.24. The van der Waals surface area contributed by atoms with Crippen molar-refractivity contribution in [3.63, 3.8) is 0 Å². The molecule has 0 radical (unpaired) electrons. The summed E-state index contributed by atoms with van der Waals surface area (Å²) in [4.78, 5) is 18.6. The largest absolute Gasteiger partial charge is 0.330 e. The summed E-state index contributed by atoms with van der Waals surface area (Å²) < 4.78 is 28.3. The predicted molar refractivity (Wildman–Crippen MR) is 89.3 cm³/mol. The molecule has 0 bridgehead atoms. The van der Waals surface area contributed by atoms with Crippen LogP contribution in [0.2, 0.25) is 0 Å². The third-order valence-electron chi connectivity index (χ3n) is 4.38. The summed E-state index contributed by atoms with van der Waals surface area (Å²) in [5.41, 5.74) is 0.559. The monoisotopic (exact) mass is 348 g/mol. The van der Waals surface area contributed by atoms with Gasteiger partial charge in [-0.25, -0.2) is 8.78 Å². The summed E-state index contributed by atoms with van der Waals surface area (Å²) in [6.07, 6.45) is 3.59. The van der Waals surface area contributed by atoms with Gasteiger partial charge in [0, 0.05) is 31.7 Å². The molecule has 1 amide bonds. The topological polar surface area (TPSA) is 51.0 Å². The van der Waals surface area contributed by atoms with E-state index in [-0.39, 0.29) is 23.2 Å². The normalized spacial score (nSPS) is 17.7. The van der Waals surface area contributed by atoms with Gasteiger partial charge in [0.15, 0.2) is 5.69 Å². The summed E-state index contributed by atoms with van der Waals surface area (Å²) in [5.74, 6) is -0.165. The number of nitrogens with zero attached hydrogens (tertiary/aromatic N) is 4. The molecule has 0 spiro atoms. The predicted octanol–water partition coefficient (Wildman–Crippen LogP) is 3.85. The van der Waals surface area contributed by atoms with Crippen LogP contribution in [-0.4, -0.2) is 32.1 Å². The molecule has 2 aromatic heterocycles. The third kappa shape index (κ3) is 3.70. The second-order valence-corrected chi connectivity index (χ2v) is 6.79. The smallest absolute Gasteiger partial charge is 0.275 e. The minimum absolute atomic E-state index is 0.115. The number of likely N-dealkylation sites (tertiary alicyclic amines) is 1. The summed E-state index contributed by atoms with van der Waals surface area (Å²) >= 11 is 0. The van der Waals surface area contributed by atoms with Crippen LogP contribution >= 0.6 is 0 Å². The van der Waals surface area contributed by atoms with Crippen LogP contribution in [0.25, 0.3) is 0 Å². The zero-order chi connectivity index (χ0) is 18.0. The van der Waals surface area contributed by atoms with Gasteiger partial charge in [0.05, 0.1) is 11.6 Å². The number of amides is 1. The zero-order valence-electron chi connectivity index (χ0n) is 14.4. The summed E-state index contributed by atoms with van der Waals surface area (Å²) in [5, 5.41) is 4.18. The highest BCUT2D eigenvalue weighted by Crippen LogP contribution is 2.34. The Bertz CT molecular complexity index is 730. The molecule has 1 aliphatic heterocycles. The molecule has 1 fully saturated rings. The van der Waals surface area contributed by atoms with Crippen LogP contribution in [0.15, 0.2) is 30.7 Å². The van der Waals surface area contributed by atoms with Gasteiger partial charge in [0.1, 0.15) is 0 Å². The molecule has 3 heterocycles. The second-order valence-electron chi connectivity index (χ2n) is 6.79. The minimum atomic E-state index is -2.72. The number of hydrogen-bond acceptors (Lipinski definition) is 3. The molecule has 7 heteroatoms. The summed E-state index contributed by atoms with van der Waals surface area (Å²) in [6, 6.07) is 3.61. The van der Waals surface area contributed by atoms with Crippen LogP contribution < -0.4 is 0 Å². The van der Waals surface area contributed by atoms with Crippen LogP contribution in [0, 0.1) is 5.92 Å². The van der Waals surface area contributed by atoms with E-state index in [1.807, 2.05) is 26.0 Å². The highest BCUT2D eigenvalue weighted by molar-refractivity contribution is 5.94. The van der Waals surface area contributed by atoms with Gasteiger partial charge in [-0.2, -0.15) is 5.10 Å². The number of carbonyl (C=O) groups is 1. The molecule has 1 aliphatic rings. The van der Waals surface area contributed by atoms with Crippen molar-refractivity contribution in [2.24, 2.45) is 5.92 Å². The highest BCUT2D eigenvalue weighted by atomic mass is 19.3. The average molecular weight is 348 g/mol. The minimum Gasteiger partial charge on any atom is -0.330 e. The van der Waals surface area contributed by atoms with Crippen molar-refractivity contribution >= 4 is 5.91 Å². The van der Waals surface area contributed by atoms with Gasteiger partial charge in [0.2, 0.25) is 0 Å². The van der Waals surface area contributed by atoms with Gasteiger partial charge >= 0.3 is 0 Å². The van der Waals surface area contributed by atoms with Crippen molar-refractivity contribution in [2.75, 3.05) is 6.54 Å². The van der Waals surface area contributed by atoms with E-state index < -0.39 is 12.3 Å². The fourth-order valence-electron chi connectivity index (χ4n) is 3.31. The molecule has 2 aromatic rings. The van der Waals surface area contributed by atoms with Gasteiger partial charge in [0.25, 0.3) is 12.3 Å². The van der Waals surface area contributed by atoms with E-state index in [1.165, 1.54) is 10.9 Å². The Hall–Kier alpha value is -2.31. The van der Waals surface area contributed by atoms with Crippen molar-refractivity contribution in [3.8, 4) is 0 Å². The molecule has 134 valence electrons. The molecule has 1 saturated heterocycles. The average Bonchev–Trinajstić information content (AvgIpc) is 3.21. The van der Waals surface area contributed by atoms with E-state index in [2.05, 4.69) is 10.1 Å². The number of alkyl halides is 2. The Morgan fingerprint density at radius 2 is 2.04 bits per heavy atom. The van der Waals surface area contributed by atoms with E-state index >= 15 is 0 Å². The molecule has 1 atom stereocenters. The number of aromatic nitrogens is 3. The van der Waals surface area contributed by atoms with E-state index in [0.29, 0.717) is 13.1 Å². The second kappa shape index (κ2) is 7.29. The zero-order valence-corrected chi connectivity index (χ0v) is 14.4. The number of hydrogen-bond donors (Lipinski definition) is 0. The Balaban J connectivity index is 1.90. The first kappa shape index (κ1) is 17.5. The molecule has 0 aliphatic carbocycles. The Morgan fingerprint density at radius 1 is 1.32 bits per heavy atom. The first-order chi connectivity index (χ1) is 12.0. The summed E-state index contributed by atoms with van der Waals surface area (Å²) in [6.45, 7) is 5.00. The van der Waals surface area contributed by atoms with Crippen LogP contribution in [0.4, 0.5) is 8.78 Å². The molecular weight excluding hydrogens is 326 g/mol. The molecule has 1 unspecified atom stereocenters. The molecule has 5 nitrogen and oxygen atoms in total. The van der Waals surface area contributed by atoms with Crippen molar-refractivity contribution in [1.82, 2.24) is 19.7 Å². The number of halogens is 2. The molecule has 25 heavy (non-hydrogen) atoms. The molecule has 0 saturated carbocycles. The lowest BCUT2D eigenvalue weighted by molar-refractivity contribution is 0.0717. The Kier molecular flexibility index (Phi) is 5.11. The van der Waals surface area contributed by atoms with Crippen molar-refractivity contribution < 1.29 is 13.6 Å². The maximum atomic E-state index is 13.4. The molecule has 0 N–H and O–H groups in total. The van der Waals surface area contributed by atoms with Gasteiger partial charge in [-0.3, -0.25) is 14.5 Å². The third-order valence-corrected chi connectivity index (χ3v) is 4.38. The van der Waals surface area contributed by atoms with Gasteiger partial charge in [-0.05, 0) is 36.5 Å². The Morgan fingerprint density at radius 3 is 2.68 bits per heavy atom. The van der Waals surface area contributed by atoms with Crippen LogP contribution in [0.5, 0.6) is 0 Å². The Labute approximate surface area is 145 Å². The number of carbonyl (C=O) groups excluding carboxylic acids is 1. The van der Waals surface area contributed by atoms with Gasteiger partial charge in [-0.1, -0.05) is 13.8 Å². The van der Waals surface area contributed by atoms with Gasteiger partial charge < -0.3 is 4.90 Å². The lowest BCUT2D eigenvalue weighted by atomic mass is 10.1. The van der Waals surface area contributed by atoms with Crippen molar-refractivity contribution in [3.05, 3.63) is 47.5 Å². The standard InChI is InChI=1S/C18H22F2N4O/c1-12(2)10-23-11-14(17(19)20)16(22-23)18(25)24-9-3-4-15(24)13-5-7-21-8-6-13/h5-8,11-12,15,17H,3-4,9-10H2,1-2H3. The SMILES string of the molecule is CC(C)Cn1cc(C(F)F)c(C(=O)N2CCCC2c2ccncc2)n1. The molecular formula is C18H22F2N4O. The van der Waals surface area contributed by atoms with Crippen LogP contribution in [0.1, 0.15) is 60.8 Å². The van der Waals surface area contributed by atoms with Crippen LogP contribution in [0.3, 0.4) is 0 Å². The molecule has 3 rings (SSSR count). The number of pyridine rings is 1. The quantitative estimate of drug-likeness (QED) is 0.825. The number of rotatable bonds is 5. The van der Waals surface area contributed by atoms with E-state index in [4.69, 9.17) is 0 Å². The maximum Gasteiger partial charge on any atom is 0.275 e. The first-order valence-corrected chi connectivity index (χ1v) is 8.53. The van der Waals surface area contributed by atoms with Gasteiger partial charge in [-0.15, -0.1) is 0 Å². The summed E-state index contributed by atoms with van der Waals surface area (Å²) in [7, 11) is 0. The van der Waals surface area contributed by atoms with E-state index in [9.17, 15) is 13.6 Å². The van der Waals surface area contributed by atoms with E-state index in [0.717, 1.165) is 18.4 Å². The van der Waals surface area contributed by atoms with Crippen molar-refractivity contribution in [2.45, 2.75) is 45.7 Å². The van der Waals surface area contributed by atoms with Crippen molar-refractivity contribution in [1.29, 1.82) is 0 Å². The first-order valence-electron chi connectivity index (χ1n) is 8.53. The van der Waals surface area contributed by atoms with E-state index in [1.54, 1.807) is 17.3 Å². The van der Waals surface area contributed by atoms with Crippen LogP contribution in [-0.2, 0) is 6.54 Å².